The highest BCUT2D eigenvalue weighted by atomic mass is 16.5. The van der Waals surface area contributed by atoms with Gasteiger partial charge >= 0.3 is 11.9 Å². The van der Waals surface area contributed by atoms with Crippen LogP contribution in [-0.4, -0.2) is 25.2 Å². The molecule has 1 atom stereocenters. The van der Waals surface area contributed by atoms with Gasteiger partial charge < -0.3 is 9.47 Å². The second-order valence-electron chi connectivity index (χ2n) is 5.69. The van der Waals surface area contributed by atoms with Gasteiger partial charge in [-0.25, -0.2) is 0 Å². The van der Waals surface area contributed by atoms with E-state index in [9.17, 15) is 9.59 Å². The fourth-order valence-corrected chi connectivity index (χ4v) is 1.74. The van der Waals surface area contributed by atoms with Crippen molar-refractivity contribution in [2.75, 3.05) is 13.2 Å². The van der Waals surface area contributed by atoms with Gasteiger partial charge in [-0.15, -0.1) is 0 Å². The molecule has 21 heavy (non-hydrogen) atoms. The van der Waals surface area contributed by atoms with Gasteiger partial charge in [-0.2, -0.15) is 0 Å². The third kappa shape index (κ3) is 13.4. The zero-order valence-electron chi connectivity index (χ0n) is 13.9. The topological polar surface area (TPSA) is 52.6 Å². The van der Waals surface area contributed by atoms with E-state index < -0.39 is 0 Å². The number of esters is 2. The molecule has 0 aromatic heterocycles. The summed E-state index contributed by atoms with van der Waals surface area (Å²) in [5.41, 5.74) is 1.34. The highest BCUT2D eigenvalue weighted by molar-refractivity contribution is 5.77. The first-order chi connectivity index (χ1) is 9.95. The summed E-state index contributed by atoms with van der Waals surface area (Å²) in [5.74, 6) is -0.119. The van der Waals surface area contributed by atoms with Gasteiger partial charge in [0.1, 0.15) is 0 Å². The summed E-state index contributed by atoms with van der Waals surface area (Å²) in [6.07, 6.45) is 6.27. The van der Waals surface area contributed by atoms with E-state index in [1.165, 1.54) is 5.57 Å². The van der Waals surface area contributed by atoms with Crippen LogP contribution in [-0.2, 0) is 19.1 Å². The van der Waals surface area contributed by atoms with Crippen molar-refractivity contribution < 1.29 is 19.1 Å². The minimum Gasteiger partial charge on any atom is -0.466 e. The van der Waals surface area contributed by atoms with Crippen molar-refractivity contribution in [3.05, 3.63) is 11.6 Å². The monoisotopic (exact) mass is 298 g/mol. The predicted molar refractivity (Wildman–Crippen MR) is 83.9 cm³/mol. The number of allylic oxidation sites excluding steroid dienone is 2. The van der Waals surface area contributed by atoms with Gasteiger partial charge in [0.05, 0.1) is 26.1 Å². The lowest BCUT2D eigenvalue weighted by atomic mass is 10.0. The fraction of sp³-hybridized carbons (Fsp3) is 0.765. The highest BCUT2D eigenvalue weighted by Gasteiger charge is 2.09. The van der Waals surface area contributed by atoms with E-state index in [1.54, 1.807) is 0 Å². The lowest BCUT2D eigenvalue weighted by Crippen LogP contribution is -2.12. The van der Waals surface area contributed by atoms with Crippen LogP contribution in [0.25, 0.3) is 0 Å². The number of hydrogen-bond donors (Lipinski definition) is 0. The van der Waals surface area contributed by atoms with E-state index in [-0.39, 0.29) is 24.8 Å². The van der Waals surface area contributed by atoms with Crippen molar-refractivity contribution >= 4 is 11.9 Å². The zero-order valence-corrected chi connectivity index (χ0v) is 13.9. The maximum absolute atomic E-state index is 11.5. The smallest absolute Gasteiger partial charge is 0.306 e. The Morgan fingerprint density at radius 3 is 2.10 bits per heavy atom. The first-order valence-corrected chi connectivity index (χ1v) is 7.90. The highest BCUT2D eigenvalue weighted by Crippen LogP contribution is 2.12. The number of rotatable bonds is 11. The van der Waals surface area contributed by atoms with E-state index in [0.717, 1.165) is 25.7 Å². The van der Waals surface area contributed by atoms with Crippen LogP contribution in [0.5, 0.6) is 0 Å². The molecule has 4 heteroatoms. The van der Waals surface area contributed by atoms with Crippen LogP contribution in [0.4, 0.5) is 0 Å². The molecule has 1 unspecified atom stereocenters. The molecule has 0 rings (SSSR count). The van der Waals surface area contributed by atoms with Crippen molar-refractivity contribution in [1.82, 2.24) is 0 Å². The number of hydrogen-bond acceptors (Lipinski definition) is 4. The Morgan fingerprint density at radius 2 is 1.57 bits per heavy atom. The Balaban J connectivity index is 3.60. The largest absolute Gasteiger partial charge is 0.466 e. The molecular formula is C17H30O4. The van der Waals surface area contributed by atoms with Crippen LogP contribution in [0.3, 0.4) is 0 Å². The lowest BCUT2D eigenvalue weighted by Gasteiger charge is -2.10. The number of carbonyl (C=O) groups excluding carboxylic acids is 2. The molecule has 0 amide bonds. The Morgan fingerprint density at radius 1 is 1.00 bits per heavy atom. The molecule has 0 heterocycles. The molecule has 0 saturated heterocycles. The van der Waals surface area contributed by atoms with Crippen molar-refractivity contribution in [2.45, 2.75) is 66.2 Å². The second kappa shape index (κ2) is 12.4. The molecule has 0 aliphatic rings. The molecule has 122 valence electrons. The maximum Gasteiger partial charge on any atom is 0.306 e. The molecule has 0 aromatic rings. The van der Waals surface area contributed by atoms with Crippen molar-refractivity contribution in [1.29, 1.82) is 0 Å². The van der Waals surface area contributed by atoms with Gasteiger partial charge in [-0.3, -0.25) is 9.59 Å². The van der Waals surface area contributed by atoms with E-state index in [1.807, 2.05) is 6.92 Å². The van der Waals surface area contributed by atoms with Gasteiger partial charge in [0, 0.05) is 0 Å². The van der Waals surface area contributed by atoms with Crippen molar-refractivity contribution in [3.63, 3.8) is 0 Å². The summed E-state index contributed by atoms with van der Waals surface area (Å²) in [5, 5.41) is 0. The van der Waals surface area contributed by atoms with Crippen LogP contribution in [0.15, 0.2) is 11.6 Å². The normalized spacial score (nSPS) is 11.6. The average molecular weight is 298 g/mol. The molecule has 0 aromatic carbocycles. The molecule has 0 fully saturated rings. The van der Waals surface area contributed by atoms with Gasteiger partial charge in [-0.05, 0) is 45.4 Å². The molecule has 0 radical (unpaired) electrons. The van der Waals surface area contributed by atoms with Crippen molar-refractivity contribution in [2.24, 2.45) is 5.92 Å². The standard InChI is InChI=1S/C17H30O4/c1-5-12-20-16(18)9-10-17(19)21-13-11-15(4)8-6-7-14(2)3/h7,15H,5-6,8-13H2,1-4H3. The number of carbonyl (C=O) groups is 2. The minimum absolute atomic E-state index is 0.106. The molecule has 0 spiro atoms. The fourth-order valence-electron chi connectivity index (χ4n) is 1.74. The van der Waals surface area contributed by atoms with Crippen LogP contribution in [0, 0.1) is 5.92 Å². The summed E-state index contributed by atoms with van der Waals surface area (Å²) >= 11 is 0. The first kappa shape index (κ1) is 19.7. The van der Waals surface area contributed by atoms with E-state index in [4.69, 9.17) is 9.47 Å². The maximum atomic E-state index is 11.5. The molecular weight excluding hydrogens is 268 g/mol. The summed E-state index contributed by atoms with van der Waals surface area (Å²) in [7, 11) is 0. The average Bonchev–Trinajstić information content (AvgIpc) is 2.42. The third-order valence-corrected chi connectivity index (χ3v) is 3.09. The molecule has 0 aliphatic heterocycles. The molecule has 0 bridgehead atoms. The molecule has 0 aliphatic carbocycles. The van der Waals surface area contributed by atoms with Gasteiger partial charge in [0.25, 0.3) is 0 Å². The molecule has 4 nitrogen and oxygen atoms in total. The SMILES string of the molecule is CCCOC(=O)CCC(=O)OCCC(C)CCC=C(C)C. The quantitative estimate of drug-likeness (QED) is 0.427. The van der Waals surface area contributed by atoms with Crippen LogP contribution in [0.1, 0.15) is 66.2 Å². The minimum atomic E-state index is -0.330. The van der Waals surface area contributed by atoms with Crippen molar-refractivity contribution in [3.8, 4) is 0 Å². The summed E-state index contributed by atoms with van der Waals surface area (Å²) < 4.78 is 10.0. The lowest BCUT2D eigenvalue weighted by molar-refractivity contribution is -0.150. The number of ether oxygens (including phenoxy) is 2. The van der Waals surface area contributed by atoms with Gasteiger partial charge in [-0.1, -0.05) is 25.5 Å². The van der Waals surface area contributed by atoms with E-state index in [0.29, 0.717) is 19.1 Å². The van der Waals surface area contributed by atoms with E-state index >= 15 is 0 Å². The predicted octanol–water partition coefficient (Wildman–Crippen LogP) is 4.04. The van der Waals surface area contributed by atoms with Crippen LogP contribution in [0.2, 0.25) is 0 Å². The Kier molecular flexibility index (Phi) is 11.6. The summed E-state index contributed by atoms with van der Waals surface area (Å²) in [6.45, 7) is 9.13. The molecule has 0 saturated carbocycles. The Bertz CT molecular complexity index is 330. The third-order valence-electron chi connectivity index (χ3n) is 3.09. The van der Waals surface area contributed by atoms with Crippen LogP contribution < -0.4 is 0 Å². The Hall–Kier alpha value is -1.32. The van der Waals surface area contributed by atoms with E-state index in [2.05, 4.69) is 26.8 Å². The first-order valence-electron chi connectivity index (χ1n) is 7.90. The Labute approximate surface area is 128 Å². The van der Waals surface area contributed by atoms with Crippen LogP contribution >= 0.6 is 0 Å². The summed E-state index contributed by atoms with van der Waals surface area (Å²) in [6, 6.07) is 0. The van der Waals surface area contributed by atoms with Gasteiger partial charge in [0.15, 0.2) is 0 Å². The second-order valence-corrected chi connectivity index (χ2v) is 5.69. The van der Waals surface area contributed by atoms with Gasteiger partial charge in [0.2, 0.25) is 0 Å². The summed E-state index contributed by atoms with van der Waals surface area (Å²) in [4.78, 5) is 22.7. The molecule has 0 N–H and O–H groups in total. The zero-order chi connectivity index (χ0) is 16.1.